The van der Waals surface area contributed by atoms with Crippen molar-refractivity contribution in [3.8, 4) is 23.7 Å². The molecule has 0 saturated heterocycles. The summed E-state index contributed by atoms with van der Waals surface area (Å²) in [6, 6.07) is 7.05. The Balaban J connectivity index is 3.13. The lowest BCUT2D eigenvalue weighted by atomic mass is 10.1. The minimum atomic E-state index is -0.211. The van der Waals surface area contributed by atoms with Crippen LogP contribution in [0.5, 0.6) is 5.75 Å². The van der Waals surface area contributed by atoms with E-state index in [-0.39, 0.29) is 6.61 Å². The van der Waals surface area contributed by atoms with Crippen molar-refractivity contribution in [3.05, 3.63) is 29.3 Å². The van der Waals surface area contributed by atoms with Gasteiger partial charge in [0, 0.05) is 5.56 Å². The van der Waals surface area contributed by atoms with Gasteiger partial charge in [-0.15, -0.1) is 0 Å². The number of aliphatic hydroxyl groups excluding tert-OH is 1. The van der Waals surface area contributed by atoms with Crippen LogP contribution in [-0.2, 0) is 0 Å². The molecular formula is C11H9NO2. The smallest absolute Gasteiger partial charge is 0.120 e. The summed E-state index contributed by atoms with van der Waals surface area (Å²) in [5.74, 6) is 5.80. The van der Waals surface area contributed by atoms with Gasteiger partial charge in [0.25, 0.3) is 0 Å². The van der Waals surface area contributed by atoms with E-state index in [1.54, 1.807) is 18.2 Å². The molecule has 0 radical (unpaired) electrons. The number of nitriles is 1. The molecule has 0 aliphatic carbocycles. The predicted octanol–water partition coefficient (Wildman–Crippen LogP) is 0.911. The van der Waals surface area contributed by atoms with Gasteiger partial charge in [-0.3, -0.25) is 0 Å². The molecule has 0 heterocycles. The van der Waals surface area contributed by atoms with Crippen LogP contribution >= 0.6 is 0 Å². The van der Waals surface area contributed by atoms with Crippen molar-refractivity contribution >= 4 is 0 Å². The number of aliphatic hydroxyl groups is 1. The molecule has 0 fully saturated rings. The first-order chi connectivity index (χ1) is 6.81. The molecule has 0 saturated carbocycles. The number of hydrogen-bond acceptors (Lipinski definition) is 3. The molecule has 0 aliphatic heterocycles. The molecule has 3 nitrogen and oxygen atoms in total. The Hall–Kier alpha value is -1.97. The molecular weight excluding hydrogens is 178 g/mol. The zero-order chi connectivity index (χ0) is 10.4. The Labute approximate surface area is 82.6 Å². The number of benzene rings is 1. The van der Waals surface area contributed by atoms with Crippen molar-refractivity contribution in [2.75, 3.05) is 13.7 Å². The third-order valence-electron chi connectivity index (χ3n) is 1.65. The van der Waals surface area contributed by atoms with E-state index >= 15 is 0 Å². The molecule has 1 N–H and O–H groups in total. The van der Waals surface area contributed by atoms with E-state index in [0.29, 0.717) is 16.9 Å². The van der Waals surface area contributed by atoms with Crippen molar-refractivity contribution in [1.82, 2.24) is 0 Å². The van der Waals surface area contributed by atoms with Gasteiger partial charge in [-0.25, -0.2) is 0 Å². The molecule has 0 aromatic heterocycles. The highest BCUT2D eigenvalue weighted by molar-refractivity contribution is 5.51. The number of methoxy groups -OCH3 is 1. The number of ether oxygens (including phenoxy) is 1. The Morgan fingerprint density at radius 1 is 1.43 bits per heavy atom. The van der Waals surface area contributed by atoms with Crippen LogP contribution in [0.25, 0.3) is 0 Å². The first-order valence-corrected chi connectivity index (χ1v) is 3.99. The van der Waals surface area contributed by atoms with Gasteiger partial charge in [-0.1, -0.05) is 11.8 Å². The molecule has 70 valence electrons. The molecule has 0 amide bonds. The average molecular weight is 187 g/mol. The summed E-state index contributed by atoms with van der Waals surface area (Å²) in [6.07, 6.45) is 0. The highest BCUT2D eigenvalue weighted by Gasteiger charge is 2.00. The van der Waals surface area contributed by atoms with Crippen molar-refractivity contribution < 1.29 is 9.84 Å². The number of rotatable bonds is 1. The van der Waals surface area contributed by atoms with Gasteiger partial charge < -0.3 is 9.84 Å². The second-order valence-corrected chi connectivity index (χ2v) is 2.48. The van der Waals surface area contributed by atoms with E-state index in [1.165, 1.54) is 7.11 Å². The Kier molecular flexibility index (Phi) is 3.55. The van der Waals surface area contributed by atoms with Gasteiger partial charge in [0.2, 0.25) is 0 Å². The zero-order valence-electron chi connectivity index (χ0n) is 7.74. The first kappa shape index (κ1) is 10.1. The van der Waals surface area contributed by atoms with Gasteiger partial charge >= 0.3 is 0 Å². The van der Waals surface area contributed by atoms with E-state index in [0.717, 1.165) is 0 Å². The van der Waals surface area contributed by atoms with Crippen molar-refractivity contribution in [2.24, 2.45) is 0 Å². The monoisotopic (exact) mass is 187 g/mol. The van der Waals surface area contributed by atoms with Crippen molar-refractivity contribution in [3.63, 3.8) is 0 Å². The second-order valence-electron chi connectivity index (χ2n) is 2.48. The summed E-state index contributed by atoms with van der Waals surface area (Å²) >= 11 is 0. The average Bonchev–Trinajstić information content (AvgIpc) is 2.26. The minimum Gasteiger partial charge on any atom is -0.497 e. The third-order valence-corrected chi connectivity index (χ3v) is 1.65. The summed E-state index contributed by atoms with van der Waals surface area (Å²) in [7, 11) is 1.54. The molecule has 0 atom stereocenters. The Morgan fingerprint density at radius 3 is 2.79 bits per heavy atom. The maximum absolute atomic E-state index is 8.80. The maximum Gasteiger partial charge on any atom is 0.120 e. The van der Waals surface area contributed by atoms with Gasteiger partial charge in [0.1, 0.15) is 18.4 Å². The molecule has 0 spiro atoms. The molecule has 0 aliphatic rings. The molecule has 0 bridgehead atoms. The van der Waals surface area contributed by atoms with Crippen LogP contribution in [0.1, 0.15) is 11.1 Å². The van der Waals surface area contributed by atoms with Crippen LogP contribution in [-0.4, -0.2) is 18.8 Å². The minimum absolute atomic E-state index is 0.211. The Bertz CT molecular complexity index is 421. The highest BCUT2D eigenvalue weighted by Crippen LogP contribution is 2.15. The molecule has 1 rings (SSSR count). The van der Waals surface area contributed by atoms with Gasteiger partial charge in [0.15, 0.2) is 0 Å². The van der Waals surface area contributed by atoms with Crippen LogP contribution in [0.2, 0.25) is 0 Å². The van der Waals surface area contributed by atoms with Crippen LogP contribution in [0.15, 0.2) is 18.2 Å². The molecule has 0 unspecified atom stereocenters. The number of nitrogens with zero attached hydrogens (tertiary/aromatic N) is 1. The standard InChI is InChI=1S/C11H9NO2/c1-14-11-5-4-9(3-2-6-13)10(7-11)8-12/h4-5,7,13H,6H2,1H3. The molecule has 1 aromatic carbocycles. The zero-order valence-corrected chi connectivity index (χ0v) is 7.74. The third kappa shape index (κ3) is 2.26. The lowest BCUT2D eigenvalue weighted by molar-refractivity contribution is 0.350. The van der Waals surface area contributed by atoms with Gasteiger partial charge in [0.05, 0.1) is 12.7 Å². The summed E-state index contributed by atoms with van der Waals surface area (Å²) in [4.78, 5) is 0. The summed E-state index contributed by atoms with van der Waals surface area (Å²) < 4.78 is 4.97. The summed E-state index contributed by atoms with van der Waals surface area (Å²) in [5.41, 5.74) is 1.05. The summed E-state index contributed by atoms with van der Waals surface area (Å²) in [6.45, 7) is -0.211. The normalized spacial score (nSPS) is 8.36. The van der Waals surface area contributed by atoms with E-state index in [9.17, 15) is 0 Å². The van der Waals surface area contributed by atoms with Crippen LogP contribution in [0.4, 0.5) is 0 Å². The largest absolute Gasteiger partial charge is 0.497 e. The fraction of sp³-hybridized carbons (Fsp3) is 0.182. The van der Waals surface area contributed by atoms with Crippen molar-refractivity contribution in [2.45, 2.75) is 0 Å². The summed E-state index contributed by atoms with van der Waals surface area (Å²) in [5, 5.41) is 17.3. The Morgan fingerprint density at radius 2 is 2.21 bits per heavy atom. The van der Waals surface area contributed by atoms with E-state index in [1.807, 2.05) is 6.07 Å². The predicted molar refractivity (Wildman–Crippen MR) is 51.7 cm³/mol. The first-order valence-electron chi connectivity index (χ1n) is 3.99. The van der Waals surface area contributed by atoms with Gasteiger partial charge in [-0.2, -0.15) is 5.26 Å². The molecule has 1 aromatic rings. The SMILES string of the molecule is COc1ccc(C#CCO)c(C#N)c1. The fourth-order valence-electron chi connectivity index (χ4n) is 0.987. The maximum atomic E-state index is 8.80. The van der Waals surface area contributed by atoms with E-state index in [2.05, 4.69) is 11.8 Å². The van der Waals surface area contributed by atoms with E-state index in [4.69, 9.17) is 15.1 Å². The lowest BCUT2D eigenvalue weighted by Crippen LogP contribution is -1.88. The van der Waals surface area contributed by atoms with Crippen molar-refractivity contribution in [1.29, 1.82) is 5.26 Å². The highest BCUT2D eigenvalue weighted by atomic mass is 16.5. The van der Waals surface area contributed by atoms with Crippen LogP contribution < -0.4 is 4.74 Å². The second kappa shape index (κ2) is 4.91. The quantitative estimate of drug-likeness (QED) is 0.665. The van der Waals surface area contributed by atoms with Gasteiger partial charge in [-0.05, 0) is 18.2 Å². The number of hydrogen-bond donors (Lipinski definition) is 1. The van der Waals surface area contributed by atoms with Crippen LogP contribution in [0.3, 0.4) is 0 Å². The van der Waals surface area contributed by atoms with Crippen LogP contribution in [0, 0.1) is 23.2 Å². The topological polar surface area (TPSA) is 53.2 Å². The fourth-order valence-corrected chi connectivity index (χ4v) is 0.987. The molecule has 14 heavy (non-hydrogen) atoms. The lowest BCUT2D eigenvalue weighted by Gasteiger charge is -2.00. The molecule has 3 heteroatoms. The van der Waals surface area contributed by atoms with E-state index < -0.39 is 0 Å².